The maximum atomic E-state index is 9.66. The SMILES string of the molecule is COc1cccc(NC2(C#N)CC(C)(C)CC2C)c1. The molecule has 3 heteroatoms. The third-order valence-corrected chi connectivity index (χ3v) is 4.09. The summed E-state index contributed by atoms with van der Waals surface area (Å²) < 4.78 is 5.23. The van der Waals surface area contributed by atoms with Crippen LogP contribution in [-0.4, -0.2) is 12.6 Å². The Kier molecular flexibility index (Phi) is 3.45. The van der Waals surface area contributed by atoms with Gasteiger partial charge >= 0.3 is 0 Å². The first-order valence-corrected chi connectivity index (χ1v) is 6.74. The standard InChI is InChI=1S/C16H22N2O/c1-12-9-15(2,3)10-16(12,11-17)18-13-6-5-7-14(8-13)19-4/h5-8,12,18H,9-10H2,1-4H3. The van der Waals surface area contributed by atoms with Crippen molar-refractivity contribution in [3.05, 3.63) is 24.3 Å². The van der Waals surface area contributed by atoms with E-state index in [0.717, 1.165) is 24.3 Å². The summed E-state index contributed by atoms with van der Waals surface area (Å²) in [5, 5.41) is 13.1. The summed E-state index contributed by atoms with van der Waals surface area (Å²) in [4.78, 5) is 0. The highest BCUT2D eigenvalue weighted by molar-refractivity contribution is 5.52. The minimum Gasteiger partial charge on any atom is -0.497 e. The second kappa shape index (κ2) is 4.77. The number of nitrogens with zero attached hydrogens (tertiary/aromatic N) is 1. The van der Waals surface area contributed by atoms with Crippen LogP contribution in [0.5, 0.6) is 5.75 Å². The van der Waals surface area contributed by atoms with Gasteiger partial charge in [-0.3, -0.25) is 0 Å². The number of anilines is 1. The van der Waals surface area contributed by atoms with Gasteiger partial charge in [-0.25, -0.2) is 0 Å². The van der Waals surface area contributed by atoms with Crippen LogP contribution in [0.25, 0.3) is 0 Å². The number of benzene rings is 1. The van der Waals surface area contributed by atoms with E-state index in [-0.39, 0.29) is 5.41 Å². The predicted molar refractivity (Wildman–Crippen MR) is 77.1 cm³/mol. The first-order valence-electron chi connectivity index (χ1n) is 6.74. The minimum atomic E-state index is -0.476. The smallest absolute Gasteiger partial charge is 0.128 e. The summed E-state index contributed by atoms with van der Waals surface area (Å²) in [6.07, 6.45) is 1.94. The quantitative estimate of drug-likeness (QED) is 0.896. The Hall–Kier alpha value is -1.69. The van der Waals surface area contributed by atoms with Gasteiger partial charge in [-0.2, -0.15) is 5.26 Å². The number of ether oxygens (including phenoxy) is 1. The highest BCUT2D eigenvalue weighted by Crippen LogP contribution is 2.48. The number of methoxy groups -OCH3 is 1. The van der Waals surface area contributed by atoms with Crippen molar-refractivity contribution in [3.8, 4) is 11.8 Å². The highest BCUT2D eigenvalue weighted by atomic mass is 16.5. The molecule has 0 spiro atoms. The molecule has 102 valence electrons. The first-order chi connectivity index (χ1) is 8.91. The van der Waals surface area contributed by atoms with Gasteiger partial charge in [0.05, 0.1) is 13.2 Å². The van der Waals surface area contributed by atoms with Crippen LogP contribution in [0.4, 0.5) is 5.69 Å². The van der Waals surface area contributed by atoms with Gasteiger partial charge in [-0.15, -0.1) is 0 Å². The van der Waals surface area contributed by atoms with Gasteiger partial charge in [0.2, 0.25) is 0 Å². The van der Waals surface area contributed by atoms with Gasteiger partial charge < -0.3 is 10.1 Å². The zero-order valence-corrected chi connectivity index (χ0v) is 12.2. The Labute approximate surface area is 115 Å². The molecule has 0 aliphatic heterocycles. The van der Waals surface area contributed by atoms with Crippen molar-refractivity contribution in [3.63, 3.8) is 0 Å². The molecule has 19 heavy (non-hydrogen) atoms. The Morgan fingerprint density at radius 3 is 2.68 bits per heavy atom. The summed E-state index contributed by atoms with van der Waals surface area (Å²) in [5.74, 6) is 1.14. The lowest BCUT2D eigenvalue weighted by Crippen LogP contribution is -2.39. The van der Waals surface area contributed by atoms with Crippen LogP contribution in [0.1, 0.15) is 33.6 Å². The number of nitrogens with one attached hydrogen (secondary N) is 1. The summed E-state index contributed by atoms with van der Waals surface area (Å²) in [6, 6.07) is 10.3. The molecule has 2 unspecified atom stereocenters. The Balaban J connectivity index is 2.27. The van der Waals surface area contributed by atoms with Crippen molar-refractivity contribution in [1.82, 2.24) is 0 Å². The molecule has 1 aromatic carbocycles. The molecular formula is C16H22N2O. The van der Waals surface area contributed by atoms with Crippen molar-refractivity contribution in [2.75, 3.05) is 12.4 Å². The molecule has 0 saturated heterocycles. The molecule has 1 fully saturated rings. The van der Waals surface area contributed by atoms with E-state index in [1.54, 1.807) is 7.11 Å². The van der Waals surface area contributed by atoms with E-state index in [2.05, 4.69) is 32.2 Å². The third-order valence-electron chi connectivity index (χ3n) is 4.09. The maximum absolute atomic E-state index is 9.66. The van der Waals surface area contributed by atoms with Crippen molar-refractivity contribution in [2.45, 2.75) is 39.2 Å². The molecule has 0 aromatic heterocycles. The zero-order chi connectivity index (χ0) is 14.1. The summed E-state index contributed by atoms with van der Waals surface area (Å²) in [7, 11) is 1.65. The van der Waals surface area contributed by atoms with Crippen molar-refractivity contribution >= 4 is 5.69 Å². The van der Waals surface area contributed by atoms with Crippen LogP contribution < -0.4 is 10.1 Å². The van der Waals surface area contributed by atoms with Crippen LogP contribution in [0.2, 0.25) is 0 Å². The molecule has 1 N–H and O–H groups in total. The second-order valence-electron chi connectivity index (χ2n) is 6.39. The normalized spacial score (nSPS) is 28.7. The number of nitriles is 1. The molecule has 1 aromatic rings. The molecule has 2 atom stereocenters. The Morgan fingerprint density at radius 1 is 1.42 bits per heavy atom. The molecule has 1 aliphatic carbocycles. The number of rotatable bonds is 3. The number of hydrogen-bond donors (Lipinski definition) is 1. The summed E-state index contributed by atoms with van der Waals surface area (Å²) >= 11 is 0. The zero-order valence-electron chi connectivity index (χ0n) is 12.2. The first kappa shape index (κ1) is 13.7. The lowest BCUT2D eigenvalue weighted by molar-refractivity contribution is 0.363. The fraction of sp³-hybridized carbons (Fsp3) is 0.562. The highest BCUT2D eigenvalue weighted by Gasteiger charge is 2.49. The second-order valence-corrected chi connectivity index (χ2v) is 6.39. The van der Waals surface area contributed by atoms with Gasteiger partial charge in [0.1, 0.15) is 11.3 Å². The predicted octanol–water partition coefficient (Wildman–Crippen LogP) is 3.83. The van der Waals surface area contributed by atoms with E-state index in [4.69, 9.17) is 4.74 Å². The van der Waals surface area contributed by atoms with Crippen LogP contribution in [0, 0.1) is 22.7 Å². The largest absolute Gasteiger partial charge is 0.497 e. The molecule has 0 heterocycles. The molecule has 1 aliphatic rings. The van der Waals surface area contributed by atoms with Gasteiger partial charge in [-0.05, 0) is 36.3 Å². The van der Waals surface area contributed by atoms with Crippen LogP contribution in [-0.2, 0) is 0 Å². The van der Waals surface area contributed by atoms with Gasteiger partial charge in [-0.1, -0.05) is 26.8 Å². The summed E-state index contributed by atoms with van der Waals surface area (Å²) in [5.41, 5.74) is 0.683. The number of hydrogen-bond acceptors (Lipinski definition) is 3. The van der Waals surface area contributed by atoms with E-state index in [9.17, 15) is 5.26 Å². The van der Waals surface area contributed by atoms with Crippen LogP contribution in [0.3, 0.4) is 0 Å². The fourth-order valence-corrected chi connectivity index (χ4v) is 3.31. The molecular weight excluding hydrogens is 236 g/mol. The minimum absolute atomic E-state index is 0.209. The van der Waals surface area contributed by atoms with E-state index in [1.165, 1.54) is 0 Å². The van der Waals surface area contributed by atoms with Gasteiger partial charge in [0.15, 0.2) is 0 Å². The molecule has 0 amide bonds. The lowest BCUT2D eigenvalue weighted by atomic mass is 9.87. The van der Waals surface area contributed by atoms with E-state index in [0.29, 0.717) is 5.92 Å². The lowest BCUT2D eigenvalue weighted by Gasteiger charge is -2.29. The molecule has 0 radical (unpaired) electrons. The van der Waals surface area contributed by atoms with E-state index >= 15 is 0 Å². The van der Waals surface area contributed by atoms with E-state index in [1.807, 2.05) is 24.3 Å². The maximum Gasteiger partial charge on any atom is 0.128 e. The van der Waals surface area contributed by atoms with Crippen LogP contribution in [0.15, 0.2) is 24.3 Å². The fourth-order valence-electron chi connectivity index (χ4n) is 3.31. The average Bonchev–Trinajstić information content (AvgIpc) is 2.59. The van der Waals surface area contributed by atoms with Crippen molar-refractivity contribution in [2.24, 2.45) is 11.3 Å². The molecule has 1 saturated carbocycles. The Bertz CT molecular complexity index is 504. The van der Waals surface area contributed by atoms with Crippen molar-refractivity contribution < 1.29 is 4.74 Å². The van der Waals surface area contributed by atoms with Gasteiger partial charge in [0, 0.05) is 11.8 Å². The van der Waals surface area contributed by atoms with E-state index < -0.39 is 5.54 Å². The van der Waals surface area contributed by atoms with Crippen molar-refractivity contribution in [1.29, 1.82) is 5.26 Å². The summed E-state index contributed by atoms with van der Waals surface area (Å²) in [6.45, 7) is 6.62. The topological polar surface area (TPSA) is 45.0 Å². The molecule has 0 bridgehead atoms. The molecule has 3 nitrogen and oxygen atoms in total. The monoisotopic (exact) mass is 258 g/mol. The van der Waals surface area contributed by atoms with Gasteiger partial charge in [0.25, 0.3) is 0 Å². The molecule has 2 rings (SSSR count). The average molecular weight is 258 g/mol. The third kappa shape index (κ3) is 2.68. The van der Waals surface area contributed by atoms with Crippen LogP contribution >= 0.6 is 0 Å². The Morgan fingerprint density at radius 2 is 2.16 bits per heavy atom.